The Labute approximate surface area is 166 Å². The lowest BCUT2D eigenvalue weighted by Gasteiger charge is -2.67. The Hall–Kier alpha value is -1.24. The fourth-order valence-electron chi connectivity index (χ4n) is 7.94. The van der Waals surface area contributed by atoms with Gasteiger partial charge in [-0.15, -0.1) is 0 Å². The molecule has 4 saturated carbocycles. The van der Waals surface area contributed by atoms with Crippen LogP contribution >= 0.6 is 0 Å². The van der Waals surface area contributed by atoms with Gasteiger partial charge in [-0.2, -0.15) is 0 Å². The molecule has 0 heterocycles. The molecule has 156 valence electrons. The molecule has 0 unspecified atom stereocenters. The molecule has 0 aliphatic heterocycles. The summed E-state index contributed by atoms with van der Waals surface area (Å²) in [5.41, 5.74) is -1.80. The van der Waals surface area contributed by atoms with Gasteiger partial charge in [0.1, 0.15) is 6.10 Å². The second-order valence-electron chi connectivity index (χ2n) is 10.5. The van der Waals surface area contributed by atoms with Gasteiger partial charge in [0.05, 0.1) is 18.3 Å². The van der Waals surface area contributed by atoms with Gasteiger partial charge in [0, 0.05) is 41.4 Å². The van der Waals surface area contributed by atoms with Crippen molar-refractivity contribution in [2.45, 2.75) is 77.8 Å². The number of Topliss-reactive ketones (excluding diaryl/α,β-unsaturated/α-hetero) is 1. The highest BCUT2D eigenvalue weighted by Crippen LogP contribution is 2.71. The fraction of sp³-hybridized carbons (Fsp3) is 0.818. The molecule has 0 radical (unpaired) electrons. The molecule has 0 saturated heterocycles. The highest BCUT2D eigenvalue weighted by Gasteiger charge is 2.74. The lowest BCUT2D eigenvalue weighted by atomic mass is 9.38. The number of rotatable bonds is 1. The summed E-state index contributed by atoms with van der Waals surface area (Å²) in [6, 6.07) is 0. The molecule has 4 rings (SSSR count). The first-order chi connectivity index (χ1) is 12.9. The molecule has 0 aromatic heterocycles. The summed E-state index contributed by atoms with van der Waals surface area (Å²) in [6.45, 7) is 11.1. The predicted molar refractivity (Wildman–Crippen MR) is 101 cm³/mol. The van der Waals surface area contributed by atoms with Crippen LogP contribution in [0.15, 0.2) is 12.2 Å². The Kier molecular flexibility index (Phi) is 4.22. The van der Waals surface area contributed by atoms with Gasteiger partial charge in [-0.25, -0.2) is 0 Å². The van der Waals surface area contributed by atoms with Crippen LogP contribution in [-0.4, -0.2) is 51.5 Å². The summed E-state index contributed by atoms with van der Waals surface area (Å²) in [5.74, 6) is -1.39. The maximum atomic E-state index is 13.3. The summed E-state index contributed by atoms with van der Waals surface area (Å²) in [5, 5.41) is 33.7. The molecule has 0 aromatic carbocycles. The van der Waals surface area contributed by atoms with Gasteiger partial charge in [0.2, 0.25) is 0 Å². The number of aliphatic hydroxyl groups excluding tert-OH is 3. The van der Waals surface area contributed by atoms with Gasteiger partial charge in [-0.1, -0.05) is 27.4 Å². The number of esters is 1. The van der Waals surface area contributed by atoms with E-state index in [0.717, 1.165) is 0 Å². The Balaban J connectivity index is 1.85. The monoisotopic (exact) mass is 392 g/mol. The standard InChI is InChI=1S/C22H32O6/c1-10-12-6-13(24)18-21(5)15(26)7-16(28-11(2)23)20(3,4)17(21)14(25)9-22(18,8-12)19(10)27/h12-18,24-26H,1,6-9H2,2-5H3/t12-,13-,14+,15-,16+,17-,18+,21-,22+/m1/s1. The summed E-state index contributed by atoms with van der Waals surface area (Å²) in [4.78, 5) is 24.9. The van der Waals surface area contributed by atoms with E-state index in [-0.39, 0.29) is 24.5 Å². The second kappa shape index (κ2) is 5.89. The molecule has 28 heavy (non-hydrogen) atoms. The third-order valence-electron chi connectivity index (χ3n) is 8.75. The number of fused-ring (bicyclic) bond motifs is 3. The molecule has 9 atom stereocenters. The first kappa shape index (κ1) is 20.0. The van der Waals surface area contributed by atoms with Crippen molar-refractivity contribution in [1.82, 2.24) is 0 Å². The zero-order valence-electron chi connectivity index (χ0n) is 17.1. The van der Waals surface area contributed by atoms with E-state index >= 15 is 0 Å². The number of ether oxygens (including phenoxy) is 1. The third kappa shape index (κ3) is 2.25. The van der Waals surface area contributed by atoms with E-state index in [9.17, 15) is 24.9 Å². The Morgan fingerprint density at radius 1 is 1.07 bits per heavy atom. The van der Waals surface area contributed by atoms with Crippen molar-refractivity contribution in [3.8, 4) is 0 Å². The van der Waals surface area contributed by atoms with Crippen molar-refractivity contribution >= 4 is 11.8 Å². The van der Waals surface area contributed by atoms with Gasteiger partial charge in [-0.05, 0) is 30.8 Å². The van der Waals surface area contributed by atoms with Crippen LogP contribution in [0.25, 0.3) is 0 Å². The first-order valence-electron chi connectivity index (χ1n) is 10.3. The molecule has 0 aromatic rings. The molecule has 0 amide bonds. The normalized spacial score (nSPS) is 52.0. The van der Waals surface area contributed by atoms with Gasteiger partial charge in [0.15, 0.2) is 5.78 Å². The molecular formula is C22H32O6. The van der Waals surface area contributed by atoms with E-state index in [1.54, 1.807) is 0 Å². The van der Waals surface area contributed by atoms with Gasteiger partial charge in [-0.3, -0.25) is 9.59 Å². The van der Waals surface area contributed by atoms with Crippen LogP contribution in [0.5, 0.6) is 0 Å². The summed E-state index contributed by atoms with van der Waals surface area (Å²) >= 11 is 0. The number of hydrogen-bond donors (Lipinski definition) is 3. The van der Waals surface area contributed by atoms with E-state index in [0.29, 0.717) is 18.4 Å². The van der Waals surface area contributed by atoms with Crippen LogP contribution < -0.4 is 0 Å². The molecule has 4 fully saturated rings. The van der Waals surface area contributed by atoms with Crippen molar-refractivity contribution in [1.29, 1.82) is 0 Å². The Morgan fingerprint density at radius 2 is 1.71 bits per heavy atom. The number of ketones is 1. The third-order valence-corrected chi connectivity index (χ3v) is 8.75. The van der Waals surface area contributed by atoms with Crippen molar-refractivity contribution in [3.63, 3.8) is 0 Å². The van der Waals surface area contributed by atoms with Crippen LogP contribution in [0.4, 0.5) is 0 Å². The van der Waals surface area contributed by atoms with Crippen LogP contribution in [0.2, 0.25) is 0 Å². The van der Waals surface area contributed by atoms with Gasteiger partial charge < -0.3 is 20.1 Å². The molecule has 1 spiro atoms. The highest BCUT2D eigenvalue weighted by molar-refractivity contribution is 6.03. The topological polar surface area (TPSA) is 104 Å². The highest BCUT2D eigenvalue weighted by atomic mass is 16.5. The molecule has 6 nitrogen and oxygen atoms in total. The van der Waals surface area contributed by atoms with Crippen LogP contribution in [0.1, 0.15) is 53.4 Å². The van der Waals surface area contributed by atoms with Crippen molar-refractivity contribution in [2.24, 2.45) is 34.0 Å². The van der Waals surface area contributed by atoms with E-state index in [4.69, 9.17) is 4.74 Å². The summed E-state index contributed by atoms with van der Waals surface area (Å²) in [7, 11) is 0. The quantitative estimate of drug-likeness (QED) is 0.463. The lowest BCUT2D eigenvalue weighted by molar-refractivity contribution is -0.276. The molecule has 4 aliphatic rings. The average molecular weight is 392 g/mol. The largest absolute Gasteiger partial charge is 0.462 e. The van der Waals surface area contributed by atoms with E-state index < -0.39 is 58.5 Å². The maximum Gasteiger partial charge on any atom is 0.302 e. The molecule has 2 bridgehead atoms. The zero-order chi connectivity index (χ0) is 20.8. The number of carbonyl (C=O) groups excluding carboxylic acids is 2. The first-order valence-corrected chi connectivity index (χ1v) is 10.3. The van der Waals surface area contributed by atoms with Gasteiger partial charge in [0.25, 0.3) is 0 Å². The SMILES string of the molecule is C=C1C(=O)[C@]23C[C@H]1C[C@@H](O)[C@H]2[C@]1(C)[C@H](O)C[C@H](OC(C)=O)C(C)(C)[C@H]1[C@@H](O)C3. The van der Waals surface area contributed by atoms with Crippen molar-refractivity contribution in [3.05, 3.63) is 12.2 Å². The average Bonchev–Trinajstić information content (AvgIpc) is 2.73. The number of carbonyl (C=O) groups is 2. The Morgan fingerprint density at radius 3 is 2.32 bits per heavy atom. The zero-order valence-corrected chi connectivity index (χ0v) is 17.1. The van der Waals surface area contributed by atoms with Crippen LogP contribution in [0.3, 0.4) is 0 Å². The van der Waals surface area contributed by atoms with E-state index in [2.05, 4.69) is 6.58 Å². The molecule has 6 heteroatoms. The fourth-order valence-corrected chi connectivity index (χ4v) is 7.94. The molecule has 3 N–H and O–H groups in total. The smallest absolute Gasteiger partial charge is 0.302 e. The predicted octanol–water partition coefficient (Wildman–Crippen LogP) is 1.61. The minimum absolute atomic E-state index is 0.0476. The van der Waals surface area contributed by atoms with Crippen LogP contribution in [-0.2, 0) is 14.3 Å². The number of allylic oxidation sites excluding steroid dienone is 1. The van der Waals surface area contributed by atoms with Gasteiger partial charge >= 0.3 is 5.97 Å². The van der Waals surface area contributed by atoms with E-state index in [1.807, 2.05) is 20.8 Å². The number of hydrogen-bond acceptors (Lipinski definition) is 6. The maximum absolute atomic E-state index is 13.3. The Bertz CT molecular complexity index is 743. The molecule has 4 aliphatic carbocycles. The summed E-state index contributed by atoms with van der Waals surface area (Å²) < 4.78 is 5.53. The number of aliphatic hydroxyl groups is 3. The second-order valence-corrected chi connectivity index (χ2v) is 10.5. The molecular weight excluding hydrogens is 360 g/mol. The lowest BCUT2D eigenvalue weighted by Crippen LogP contribution is -2.71. The minimum Gasteiger partial charge on any atom is -0.462 e. The van der Waals surface area contributed by atoms with Crippen molar-refractivity contribution < 1.29 is 29.6 Å². The van der Waals surface area contributed by atoms with Crippen molar-refractivity contribution in [2.75, 3.05) is 0 Å². The minimum atomic E-state index is -0.903. The summed E-state index contributed by atoms with van der Waals surface area (Å²) in [6.07, 6.45) is -1.48. The van der Waals surface area contributed by atoms with E-state index in [1.165, 1.54) is 6.92 Å². The van der Waals surface area contributed by atoms with Crippen LogP contribution in [0, 0.1) is 34.0 Å².